The summed E-state index contributed by atoms with van der Waals surface area (Å²) in [7, 11) is 1.70. The number of rotatable bonds is 6. The van der Waals surface area contributed by atoms with Crippen LogP contribution in [0.1, 0.15) is 23.4 Å². The van der Waals surface area contributed by atoms with E-state index in [4.69, 9.17) is 0 Å². The number of H-pyrrole nitrogens is 1. The molecule has 0 unspecified atom stereocenters. The molecule has 8 heteroatoms. The van der Waals surface area contributed by atoms with E-state index in [1.807, 2.05) is 11.4 Å². The lowest BCUT2D eigenvalue weighted by Crippen LogP contribution is -2.39. The van der Waals surface area contributed by atoms with Gasteiger partial charge >= 0.3 is 6.03 Å². The van der Waals surface area contributed by atoms with Crippen molar-refractivity contribution in [2.45, 2.75) is 25.9 Å². The quantitative estimate of drug-likeness (QED) is 0.611. The van der Waals surface area contributed by atoms with Crippen LogP contribution in [0.5, 0.6) is 0 Å². The first-order valence-electron chi connectivity index (χ1n) is 9.84. The van der Waals surface area contributed by atoms with Crippen molar-refractivity contribution in [1.82, 2.24) is 25.1 Å². The number of hydrogen-bond acceptors (Lipinski definition) is 5. The van der Waals surface area contributed by atoms with Crippen molar-refractivity contribution in [3.05, 3.63) is 63.0 Å². The van der Waals surface area contributed by atoms with E-state index >= 15 is 0 Å². The van der Waals surface area contributed by atoms with E-state index in [1.165, 1.54) is 27.4 Å². The summed E-state index contributed by atoms with van der Waals surface area (Å²) in [6.07, 6.45) is 1.99. The zero-order chi connectivity index (χ0) is 20.2. The van der Waals surface area contributed by atoms with Crippen molar-refractivity contribution in [2.24, 2.45) is 0 Å². The van der Waals surface area contributed by atoms with Gasteiger partial charge in [0.2, 0.25) is 0 Å². The number of hydrogen-bond donors (Lipinski definition) is 2. The molecule has 0 saturated heterocycles. The Hall–Kier alpha value is -2.71. The Morgan fingerprint density at radius 1 is 1.31 bits per heavy atom. The van der Waals surface area contributed by atoms with E-state index in [0.29, 0.717) is 22.6 Å². The van der Waals surface area contributed by atoms with Crippen molar-refractivity contribution >= 4 is 27.6 Å². The molecule has 152 valence electrons. The van der Waals surface area contributed by atoms with Crippen molar-refractivity contribution in [2.75, 3.05) is 26.7 Å². The Kier molecular flexibility index (Phi) is 5.92. The molecule has 29 heavy (non-hydrogen) atoms. The lowest BCUT2D eigenvalue weighted by atomic mass is 10.00. The predicted molar refractivity (Wildman–Crippen MR) is 115 cm³/mol. The fourth-order valence-electron chi connectivity index (χ4n) is 3.67. The normalized spacial score (nSPS) is 14.0. The van der Waals surface area contributed by atoms with Crippen molar-refractivity contribution in [1.29, 1.82) is 0 Å². The first-order chi connectivity index (χ1) is 14.1. The maximum absolute atomic E-state index is 12.3. The van der Waals surface area contributed by atoms with Crippen LogP contribution in [-0.4, -0.2) is 52.5 Å². The predicted octanol–water partition coefficient (Wildman–Crippen LogP) is 2.57. The highest BCUT2D eigenvalue weighted by Crippen LogP contribution is 2.18. The highest BCUT2D eigenvalue weighted by atomic mass is 32.1. The van der Waals surface area contributed by atoms with Crippen LogP contribution in [0.4, 0.5) is 4.79 Å². The second kappa shape index (κ2) is 8.75. The minimum absolute atomic E-state index is 0.156. The Morgan fingerprint density at radius 2 is 2.14 bits per heavy atom. The number of nitrogens with one attached hydrogen (secondary N) is 2. The molecule has 7 nitrogen and oxygen atoms in total. The monoisotopic (exact) mass is 411 g/mol. The Bertz CT molecular complexity index is 1060. The maximum atomic E-state index is 12.3. The summed E-state index contributed by atoms with van der Waals surface area (Å²) in [5.74, 6) is 0.491. The molecule has 0 bridgehead atoms. The molecule has 0 fully saturated rings. The van der Waals surface area contributed by atoms with Crippen LogP contribution in [0.3, 0.4) is 0 Å². The molecule has 4 rings (SSSR count). The van der Waals surface area contributed by atoms with Crippen LogP contribution in [0.2, 0.25) is 0 Å². The number of aromatic nitrogens is 2. The standard InChI is InChI=1S/C21H25N5O2S/c1-25(14-18-23-17-8-12-29-19(17)20(27)24-18)21(28)22-9-4-10-26-11-7-15-5-2-3-6-16(15)13-26/h2-3,5-6,8,12H,4,7,9-11,13-14H2,1H3,(H,22,28)(H,23,24,27). The van der Waals surface area contributed by atoms with Gasteiger partial charge < -0.3 is 15.2 Å². The first-order valence-corrected chi connectivity index (χ1v) is 10.7. The highest BCUT2D eigenvalue weighted by Gasteiger charge is 2.16. The lowest BCUT2D eigenvalue weighted by Gasteiger charge is -2.28. The number of thiophene rings is 1. The molecule has 3 heterocycles. The highest BCUT2D eigenvalue weighted by molar-refractivity contribution is 7.17. The van der Waals surface area contributed by atoms with E-state index in [1.54, 1.807) is 7.05 Å². The van der Waals surface area contributed by atoms with Gasteiger partial charge in [0.15, 0.2) is 0 Å². The van der Waals surface area contributed by atoms with E-state index < -0.39 is 0 Å². The van der Waals surface area contributed by atoms with Gasteiger partial charge in [0.05, 0.1) is 12.1 Å². The van der Waals surface area contributed by atoms with Gasteiger partial charge in [0.25, 0.3) is 5.56 Å². The van der Waals surface area contributed by atoms with Crippen LogP contribution in [0.25, 0.3) is 10.2 Å². The fourth-order valence-corrected chi connectivity index (χ4v) is 4.40. The van der Waals surface area contributed by atoms with Crippen LogP contribution >= 0.6 is 11.3 Å². The van der Waals surface area contributed by atoms with Crippen LogP contribution in [0.15, 0.2) is 40.5 Å². The number of fused-ring (bicyclic) bond motifs is 2. The third kappa shape index (κ3) is 4.65. The van der Waals surface area contributed by atoms with Crippen molar-refractivity contribution < 1.29 is 4.79 Å². The molecule has 0 spiro atoms. The summed E-state index contributed by atoms with van der Waals surface area (Å²) < 4.78 is 0.612. The minimum atomic E-state index is -0.165. The third-order valence-corrected chi connectivity index (χ3v) is 6.14. The smallest absolute Gasteiger partial charge is 0.317 e. The second-order valence-electron chi connectivity index (χ2n) is 7.38. The number of benzene rings is 1. The summed E-state index contributed by atoms with van der Waals surface area (Å²) in [6, 6.07) is 10.3. The van der Waals surface area contributed by atoms with Gasteiger partial charge in [-0.2, -0.15) is 0 Å². The van der Waals surface area contributed by atoms with Gasteiger partial charge in [0, 0.05) is 33.2 Å². The maximum Gasteiger partial charge on any atom is 0.317 e. The van der Waals surface area contributed by atoms with Crippen LogP contribution in [-0.2, 0) is 19.5 Å². The van der Waals surface area contributed by atoms with Crippen LogP contribution < -0.4 is 10.9 Å². The van der Waals surface area contributed by atoms with E-state index in [-0.39, 0.29) is 18.1 Å². The second-order valence-corrected chi connectivity index (χ2v) is 8.30. The Balaban J connectivity index is 1.22. The summed E-state index contributed by atoms with van der Waals surface area (Å²) in [5.41, 5.74) is 3.38. The lowest BCUT2D eigenvalue weighted by molar-refractivity contribution is 0.203. The SMILES string of the molecule is CN(Cc1nc2ccsc2c(=O)[nH]1)C(=O)NCCCN1CCc2ccccc2C1. The number of aromatic amines is 1. The largest absolute Gasteiger partial charge is 0.338 e. The zero-order valence-corrected chi connectivity index (χ0v) is 17.3. The molecule has 2 amide bonds. The number of carbonyl (C=O) groups is 1. The minimum Gasteiger partial charge on any atom is -0.338 e. The molecule has 1 aromatic carbocycles. The topological polar surface area (TPSA) is 81.3 Å². The average molecular weight is 412 g/mol. The first kappa shape index (κ1) is 19.6. The molecule has 1 aliphatic heterocycles. The van der Waals surface area contributed by atoms with E-state index in [2.05, 4.69) is 44.5 Å². The molecule has 0 saturated carbocycles. The fraction of sp³-hybridized carbons (Fsp3) is 0.381. The van der Waals surface area contributed by atoms with Gasteiger partial charge in [0.1, 0.15) is 10.5 Å². The zero-order valence-electron chi connectivity index (χ0n) is 16.5. The Labute approximate surface area is 173 Å². The number of carbonyl (C=O) groups excluding carboxylic acids is 1. The van der Waals surface area contributed by atoms with Gasteiger partial charge in [-0.15, -0.1) is 11.3 Å². The molecule has 1 aliphatic rings. The molecule has 3 aromatic rings. The third-order valence-electron chi connectivity index (χ3n) is 5.23. The summed E-state index contributed by atoms with van der Waals surface area (Å²) in [6.45, 7) is 3.88. The van der Waals surface area contributed by atoms with Gasteiger partial charge in [-0.25, -0.2) is 9.78 Å². The molecule has 0 radical (unpaired) electrons. The van der Waals surface area contributed by atoms with E-state index in [9.17, 15) is 9.59 Å². The molecule has 2 aromatic heterocycles. The van der Waals surface area contributed by atoms with Gasteiger partial charge in [-0.05, 0) is 35.4 Å². The van der Waals surface area contributed by atoms with Crippen molar-refractivity contribution in [3.8, 4) is 0 Å². The molecule has 0 atom stereocenters. The number of amides is 2. The van der Waals surface area contributed by atoms with E-state index in [0.717, 1.165) is 32.5 Å². The number of urea groups is 1. The number of nitrogens with zero attached hydrogens (tertiary/aromatic N) is 3. The summed E-state index contributed by atoms with van der Waals surface area (Å²) in [5, 5.41) is 4.79. The van der Waals surface area contributed by atoms with Crippen molar-refractivity contribution in [3.63, 3.8) is 0 Å². The van der Waals surface area contributed by atoms with Gasteiger partial charge in [-0.1, -0.05) is 24.3 Å². The molecule has 0 aliphatic carbocycles. The summed E-state index contributed by atoms with van der Waals surface area (Å²) >= 11 is 1.37. The van der Waals surface area contributed by atoms with Gasteiger partial charge in [-0.3, -0.25) is 9.69 Å². The molecular formula is C21H25N5O2S. The molecular weight excluding hydrogens is 386 g/mol. The Morgan fingerprint density at radius 3 is 3.00 bits per heavy atom. The summed E-state index contributed by atoms with van der Waals surface area (Å²) in [4.78, 5) is 35.5. The molecule has 2 N–H and O–H groups in total. The average Bonchev–Trinajstić information content (AvgIpc) is 3.20. The van der Waals surface area contributed by atoms with Crippen LogP contribution in [0, 0.1) is 0 Å².